The van der Waals surface area contributed by atoms with Crippen LogP contribution < -0.4 is 10.1 Å². The molecule has 0 bridgehead atoms. The van der Waals surface area contributed by atoms with Crippen molar-refractivity contribution in [2.75, 3.05) is 13.2 Å². The van der Waals surface area contributed by atoms with E-state index < -0.39 is 0 Å². The molecule has 1 atom stereocenters. The Morgan fingerprint density at radius 1 is 1.15 bits per heavy atom. The van der Waals surface area contributed by atoms with Gasteiger partial charge in [0.25, 0.3) is 0 Å². The fraction of sp³-hybridized carbons (Fsp3) is 0.667. The minimum absolute atomic E-state index is 0.507. The van der Waals surface area contributed by atoms with E-state index in [1.807, 2.05) is 0 Å². The molecule has 0 aromatic heterocycles. The largest absolute Gasteiger partial charge is 0.492 e. The van der Waals surface area contributed by atoms with Gasteiger partial charge in [-0.05, 0) is 48.9 Å². The van der Waals surface area contributed by atoms with Gasteiger partial charge in [-0.3, -0.25) is 0 Å². The molecular weight excluding hydrogens is 246 g/mol. The summed E-state index contributed by atoms with van der Waals surface area (Å²) in [6.07, 6.45) is 5.48. The molecule has 1 aliphatic rings. The first-order valence-corrected chi connectivity index (χ1v) is 8.16. The molecule has 1 aromatic rings. The van der Waals surface area contributed by atoms with Gasteiger partial charge in [0.1, 0.15) is 12.4 Å². The van der Waals surface area contributed by atoms with Gasteiger partial charge >= 0.3 is 0 Å². The number of hydrogen-bond donors (Lipinski definition) is 1. The van der Waals surface area contributed by atoms with E-state index >= 15 is 0 Å². The SMILES string of the molecule is CCNC(COc1ccc(C(C)C)cc1)C1CCCC1. The van der Waals surface area contributed by atoms with Gasteiger partial charge in [-0.2, -0.15) is 0 Å². The lowest BCUT2D eigenvalue weighted by molar-refractivity contribution is 0.219. The molecule has 0 spiro atoms. The topological polar surface area (TPSA) is 21.3 Å². The van der Waals surface area contributed by atoms with Crippen LogP contribution in [-0.4, -0.2) is 19.2 Å². The van der Waals surface area contributed by atoms with Crippen LogP contribution in [0.15, 0.2) is 24.3 Å². The molecule has 1 N–H and O–H groups in total. The van der Waals surface area contributed by atoms with Crippen molar-refractivity contribution < 1.29 is 4.74 Å². The molecule has 2 rings (SSSR count). The highest BCUT2D eigenvalue weighted by Crippen LogP contribution is 2.28. The second-order valence-electron chi connectivity index (χ2n) is 6.24. The van der Waals surface area contributed by atoms with E-state index in [1.54, 1.807) is 0 Å². The van der Waals surface area contributed by atoms with E-state index in [0.717, 1.165) is 24.8 Å². The molecule has 0 saturated heterocycles. The maximum Gasteiger partial charge on any atom is 0.119 e. The third-order valence-corrected chi connectivity index (χ3v) is 4.41. The molecule has 2 nitrogen and oxygen atoms in total. The van der Waals surface area contributed by atoms with Crippen LogP contribution in [0.2, 0.25) is 0 Å². The summed E-state index contributed by atoms with van der Waals surface area (Å²) in [4.78, 5) is 0. The van der Waals surface area contributed by atoms with Gasteiger partial charge in [0, 0.05) is 6.04 Å². The standard InChI is InChI=1S/C18H29NO/c1-4-19-18(16-7-5-6-8-16)13-20-17-11-9-15(10-12-17)14(2)3/h9-12,14,16,18-19H,4-8,13H2,1-3H3. The van der Waals surface area contributed by atoms with E-state index in [0.29, 0.717) is 12.0 Å². The molecule has 1 aliphatic carbocycles. The Kier molecular flexibility index (Phi) is 5.90. The molecule has 0 aliphatic heterocycles. The lowest BCUT2D eigenvalue weighted by Crippen LogP contribution is -2.40. The monoisotopic (exact) mass is 275 g/mol. The smallest absolute Gasteiger partial charge is 0.119 e. The summed E-state index contributed by atoms with van der Waals surface area (Å²) in [7, 11) is 0. The Bertz CT molecular complexity index is 379. The molecule has 20 heavy (non-hydrogen) atoms. The molecule has 1 fully saturated rings. The first-order valence-electron chi connectivity index (χ1n) is 8.16. The predicted molar refractivity (Wildman–Crippen MR) is 85.4 cm³/mol. The quantitative estimate of drug-likeness (QED) is 0.798. The van der Waals surface area contributed by atoms with Gasteiger partial charge < -0.3 is 10.1 Å². The van der Waals surface area contributed by atoms with Crippen LogP contribution in [0.4, 0.5) is 0 Å². The van der Waals surface area contributed by atoms with Gasteiger partial charge in [0.2, 0.25) is 0 Å². The van der Waals surface area contributed by atoms with Crippen molar-refractivity contribution in [3.05, 3.63) is 29.8 Å². The zero-order valence-corrected chi connectivity index (χ0v) is 13.2. The van der Waals surface area contributed by atoms with Crippen LogP contribution in [0.1, 0.15) is 57.9 Å². The number of ether oxygens (including phenoxy) is 1. The average Bonchev–Trinajstić information content (AvgIpc) is 2.98. The molecule has 1 aromatic carbocycles. The van der Waals surface area contributed by atoms with E-state index in [2.05, 4.69) is 50.4 Å². The highest BCUT2D eigenvalue weighted by atomic mass is 16.5. The molecule has 0 amide bonds. The summed E-state index contributed by atoms with van der Waals surface area (Å²) in [5, 5.41) is 3.60. The van der Waals surface area contributed by atoms with Crippen molar-refractivity contribution in [2.24, 2.45) is 5.92 Å². The van der Waals surface area contributed by atoms with Crippen molar-refractivity contribution in [3.8, 4) is 5.75 Å². The van der Waals surface area contributed by atoms with Crippen molar-refractivity contribution in [1.82, 2.24) is 5.32 Å². The third kappa shape index (κ3) is 4.24. The number of benzene rings is 1. The molecule has 1 unspecified atom stereocenters. The Morgan fingerprint density at radius 3 is 2.35 bits per heavy atom. The summed E-state index contributed by atoms with van der Waals surface area (Å²) in [6.45, 7) is 8.43. The second kappa shape index (κ2) is 7.68. The van der Waals surface area contributed by atoms with Gasteiger partial charge in [-0.25, -0.2) is 0 Å². The lowest BCUT2D eigenvalue weighted by Gasteiger charge is -2.24. The molecule has 0 heterocycles. The van der Waals surface area contributed by atoms with Crippen molar-refractivity contribution in [2.45, 2.75) is 58.4 Å². The Morgan fingerprint density at radius 2 is 1.80 bits per heavy atom. The van der Waals surface area contributed by atoms with Crippen LogP contribution in [0.3, 0.4) is 0 Å². The normalized spacial score (nSPS) is 17.6. The minimum Gasteiger partial charge on any atom is -0.492 e. The van der Waals surface area contributed by atoms with Crippen LogP contribution >= 0.6 is 0 Å². The van der Waals surface area contributed by atoms with Gasteiger partial charge in [-0.1, -0.05) is 45.7 Å². The maximum atomic E-state index is 6.01. The summed E-state index contributed by atoms with van der Waals surface area (Å²) in [5.41, 5.74) is 1.37. The number of hydrogen-bond acceptors (Lipinski definition) is 2. The average molecular weight is 275 g/mol. The predicted octanol–water partition coefficient (Wildman–Crippen LogP) is 4.36. The minimum atomic E-state index is 0.507. The highest BCUT2D eigenvalue weighted by molar-refractivity contribution is 5.28. The van der Waals surface area contributed by atoms with Crippen LogP contribution in [0.5, 0.6) is 5.75 Å². The second-order valence-corrected chi connectivity index (χ2v) is 6.24. The Hall–Kier alpha value is -1.02. The summed E-state index contributed by atoms with van der Waals surface area (Å²) >= 11 is 0. The van der Waals surface area contributed by atoms with Crippen molar-refractivity contribution >= 4 is 0 Å². The van der Waals surface area contributed by atoms with Crippen LogP contribution in [-0.2, 0) is 0 Å². The Labute approximate surface area is 123 Å². The van der Waals surface area contributed by atoms with E-state index in [9.17, 15) is 0 Å². The fourth-order valence-electron chi connectivity index (χ4n) is 3.12. The summed E-state index contributed by atoms with van der Waals surface area (Å²) in [6, 6.07) is 9.07. The van der Waals surface area contributed by atoms with Crippen LogP contribution in [0.25, 0.3) is 0 Å². The third-order valence-electron chi connectivity index (χ3n) is 4.41. The van der Waals surface area contributed by atoms with E-state index in [4.69, 9.17) is 4.74 Å². The zero-order chi connectivity index (χ0) is 14.4. The molecule has 1 saturated carbocycles. The van der Waals surface area contributed by atoms with E-state index in [1.165, 1.54) is 31.2 Å². The van der Waals surface area contributed by atoms with Gasteiger partial charge in [0.05, 0.1) is 0 Å². The molecular formula is C18H29NO. The van der Waals surface area contributed by atoms with Crippen molar-refractivity contribution in [1.29, 1.82) is 0 Å². The van der Waals surface area contributed by atoms with Crippen molar-refractivity contribution in [3.63, 3.8) is 0 Å². The lowest BCUT2D eigenvalue weighted by atomic mass is 9.99. The molecule has 112 valence electrons. The van der Waals surface area contributed by atoms with Crippen LogP contribution in [0, 0.1) is 5.92 Å². The van der Waals surface area contributed by atoms with Gasteiger partial charge in [0.15, 0.2) is 0 Å². The summed E-state index contributed by atoms with van der Waals surface area (Å²) < 4.78 is 6.01. The fourth-order valence-corrected chi connectivity index (χ4v) is 3.12. The van der Waals surface area contributed by atoms with Gasteiger partial charge in [-0.15, -0.1) is 0 Å². The molecule has 0 radical (unpaired) electrons. The Balaban J connectivity index is 1.87. The first-order chi connectivity index (χ1) is 9.70. The van der Waals surface area contributed by atoms with E-state index in [-0.39, 0.29) is 0 Å². The maximum absolute atomic E-state index is 6.01. The number of likely N-dealkylation sites (N-methyl/N-ethyl adjacent to an activating group) is 1. The number of nitrogens with one attached hydrogen (secondary N) is 1. The first kappa shape index (κ1) is 15.4. The summed E-state index contributed by atoms with van der Waals surface area (Å²) in [5.74, 6) is 2.37. The zero-order valence-electron chi connectivity index (χ0n) is 13.2. The molecule has 2 heteroatoms. The highest BCUT2D eigenvalue weighted by Gasteiger charge is 2.24. The number of rotatable bonds is 7.